The number of hydrogen-bond donors (Lipinski definition) is 2. The highest BCUT2D eigenvalue weighted by molar-refractivity contribution is 14.0. The largest absolute Gasteiger partial charge is 0.356 e. The van der Waals surface area contributed by atoms with Crippen molar-refractivity contribution in [1.82, 2.24) is 10.6 Å². The van der Waals surface area contributed by atoms with Crippen LogP contribution in [0.1, 0.15) is 45.6 Å². The van der Waals surface area contributed by atoms with E-state index in [9.17, 15) is 8.42 Å². The molecule has 0 bridgehead atoms. The van der Waals surface area contributed by atoms with Crippen LogP contribution in [0, 0.1) is 5.41 Å². The molecule has 0 aliphatic rings. The fraction of sp³-hybridized carbons (Fsp3) is 0.632. The molecule has 0 saturated heterocycles. The van der Waals surface area contributed by atoms with Crippen molar-refractivity contribution in [3.8, 4) is 0 Å². The molecule has 2 atom stereocenters. The maximum Gasteiger partial charge on any atom is 0.191 e. The van der Waals surface area contributed by atoms with Crippen molar-refractivity contribution in [3.63, 3.8) is 0 Å². The molecule has 150 valence electrons. The van der Waals surface area contributed by atoms with Crippen LogP contribution in [0.2, 0.25) is 0 Å². The normalized spacial score (nSPS) is 14.9. The van der Waals surface area contributed by atoms with E-state index < -0.39 is 9.84 Å². The summed E-state index contributed by atoms with van der Waals surface area (Å²) in [6, 6.07) is 10.6. The molecule has 0 heterocycles. The smallest absolute Gasteiger partial charge is 0.191 e. The number of aliphatic imine (C=N–C) groups is 1. The summed E-state index contributed by atoms with van der Waals surface area (Å²) < 4.78 is 22.7. The Labute approximate surface area is 176 Å². The van der Waals surface area contributed by atoms with E-state index in [1.165, 1.54) is 11.8 Å². The van der Waals surface area contributed by atoms with Crippen LogP contribution >= 0.6 is 24.0 Å². The first-order valence-corrected chi connectivity index (χ1v) is 10.8. The SMILES string of the molecule is CN=C(NCC(C)(C)CCS(C)(=O)=O)NC(C)C(C)c1ccccc1.I. The number of hydrogen-bond acceptors (Lipinski definition) is 3. The van der Waals surface area contributed by atoms with Crippen LogP contribution in [0.4, 0.5) is 0 Å². The molecule has 26 heavy (non-hydrogen) atoms. The lowest BCUT2D eigenvalue weighted by Gasteiger charge is -2.28. The van der Waals surface area contributed by atoms with Gasteiger partial charge >= 0.3 is 0 Å². The third-order valence-corrected chi connectivity index (χ3v) is 5.49. The van der Waals surface area contributed by atoms with Crippen molar-refractivity contribution in [2.45, 2.75) is 46.1 Å². The molecule has 0 aliphatic carbocycles. The summed E-state index contributed by atoms with van der Waals surface area (Å²) in [5, 5.41) is 6.76. The molecular weight excluding hydrogens is 461 g/mol. The van der Waals surface area contributed by atoms with Gasteiger partial charge in [0.15, 0.2) is 5.96 Å². The average molecular weight is 495 g/mol. The summed E-state index contributed by atoms with van der Waals surface area (Å²) in [6.07, 6.45) is 1.90. The van der Waals surface area contributed by atoms with Gasteiger partial charge < -0.3 is 10.6 Å². The van der Waals surface area contributed by atoms with Crippen molar-refractivity contribution < 1.29 is 8.42 Å². The van der Waals surface area contributed by atoms with Gasteiger partial charge in [0.05, 0.1) is 5.75 Å². The lowest BCUT2D eigenvalue weighted by molar-refractivity contribution is 0.347. The molecule has 0 fully saturated rings. The summed E-state index contributed by atoms with van der Waals surface area (Å²) in [5.41, 5.74) is 1.15. The second-order valence-corrected chi connectivity index (χ2v) is 9.86. The number of nitrogens with zero attached hydrogens (tertiary/aromatic N) is 1. The van der Waals surface area contributed by atoms with Crippen molar-refractivity contribution in [1.29, 1.82) is 0 Å². The van der Waals surface area contributed by atoms with Crippen molar-refractivity contribution in [2.75, 3.05) is 25.6 Å². The Bertz CT molecular complexity index is 661. The van der Waals surface area contributed by atoms with E-state index in [0.29, 0.717) is 18.9 Å². The average Bonchev–Trinajstić information content (AvgIpc) is 2.56. The first kappa shape index (κ1) is 25.2. The highest BCUT2D eigenvalue weighted by Crippen LogP contribution is 2.20. The number of rotatable bonds is 8. The fourth-order valence-corrected chi connectivity index (χ4v) is 3.38. The van der Waals surface area contributed by atoms with Crippen molar-refractivity contribution in [2.24, 2.45) is 10.4 Å². The zero-order valence-corrected chi connectivity index (χ0v) is 19.9. The molecule has 0 spiro atoms. The third-order valence-electron chi connectivity index (χ3n) is 4.55. The van der Waals surface area contributed by atoms with Crippen molar-refractivity contribution >= 4 is 39.8 Å². The van der Waals surface area contributed by atoms with Gasteiger partial charge in [0.1, 0.15) is 9.84 Å². The summed E-state index contributed by atoms with van der Waals surface area (Å²) in [7, 11) is -1.19. The molecule has 7 heteroatoms. The molecule has 0 radical (unpaired) electrons. The number of sulfone groups is 1. The Hall–Kier alpha value is -0.830. The lowest BCUT2D eigenvalue weighted by Crippen LogP contribution is -2.47. The zero-order chi connectivity index (χ0) is 19.1. The minimum atomic E-state index is -2.94. The van der Waals surface area contributed by atoms with E-state index in [4.69, 9.17) is 0 Å². The van der Waals surface area contributed by atoms with Gasteiger partial charge in [-0.15, -0.1) is 24.0 Å². The van der Waals surface area contributed by atoms with Crippen LogP contribution < -0.4 is 10.6 Å². The van der Waals surface area contributed by atoms with Gasteiger partial charge in [0, 0.05) is 31.8 Å². The second-order valence-electron chi connectivity index (χ2n) is 7.60. The maximum atomic E-state index is 11.4. The highest BCUT2D eigenvalue weighted by Gasteiger charge is 2.21. The molecule has 5 nitrogen and oxygen atoms in total. The summed E-state index contributed by atoms with van der Waals surface area (Å²) in [6.45, 7) is 9.12. The molecule has 0 aromatic heterocycles. The molecule has 1 aromatic carbocycles. The molecule has 2 unspecified atom stereocenters. The maximum absolute atomic E-state index is 11.4. The van der Waals surface area contributed by atoms with Gasteiger partial charge in [-0.05, 0) is 24.3 Å². The molecular formula is C19H34IN3O2S. The van der Waals surface area contributed by atoms with Crippen LogP contribution in [0.15, 0.2) is 35.3 Å². The predicted molar refractivity (Wildman–Crippen MR) is 122 cm³/mol. The van der Waals surface area contributed by atoms with Gasteiger partial charge in [-0.3, -0.25) is 4.99 Å². The predicted octanol–water partition coefficient (Wildman–Crippen LogP) is 3.42. The van der Waals surface area contributed by atoms with E-state index in [1.807, 2.05) is 6.07 Å². The van der Waals surface area contributed by atoms with E-state index in [2.05, 4.69) is 67.6 Å². The van der Waals surface area contributed by atoms with Gasteiger partial charge in [-0.1, -0.05) is 51.1 Å². The molecule has 1 aromatic rings. The number of benzene rings is 1. The second kappa shape index (κ2) is 11.1. The minimum Gasteiger partial charge on any atom is -0.356 e. The standard InChI is InChI=1S/C19H33N3O2S.HI/c1-15(17-10-8-7-9-11-17)16(2)22-18(20-5)21-14-19(3,4)12-13-25(6,23)24;/h7-11,15-16H,12-14H2,1-6H3,(H2,20,21,22);1H. The lowest BCUT2D eigenvalue weighted by atomic mass is 9.90. The van der Waals surface area contributed by atoms with E-state index in [1.54, 1.807) is 7.05 Å². The van der Waals surface area contributed by atoms with Crippen LogP contribution in [-0.2, 0) is 9.84 Å². The van der Waals surface area contributed by atoms with E-state index in [-0.39, 0.29) is 41.2 Å². The molecule has 0 saturated carbocycles. The molecule has 0 aliphatic heterocycles. The van der Waals surface area contributed by atoms with E-state index >= 15 is 0 Å². The fourth-order valence-electron chi connectivity index (χ4n) is 2.45. The first-order chi connectivity index (χ1) is 11.5. The topological polar surface area (TPSA) is 70.6 Å². The van der Waals surface area contributed by atoms with Gasteiger partial charge in [-0.2, -0.15) is 0 Å². The number of halogens is 1. The summed E-state index contributed by atoms with van der Waals surface area (Å²) in [5.74, 6) is 1.29. The summed E-state index contributed by atoms with van der Waals surface area (Å²) in [4.78, 5) is 4.29. The van der Waals surface area contributed by atoms with Crippen LogP contribution in [0.5, 0.6) is 0 Å². The third kappa shape index (κ3) is 9.75. The Kier molecular flexibility index (Phi) is 10.8. The summed E-state index contributed by atoms with van der Waals surface area (Å²) >= 11 is 0. The Morgan fingerprint density at radius 3 is 2.27 bits per heavy atom. The Balaban J connectivity index is 0.00000625. The Morgan fingerprint density at radius 2 is 1.77 bits per heavy atom. The van der Waals surface area contributed by atoms with Gasteiger partial charge in [0.2, 0.25) is 0 Å². The molecule has 0 amide bonds. The monoisotopic (exact) mass is 495 g/mol. The van der Waals surface area contributed by atoms with Gasteiger partial charge in [-0.25, -0.2) is 8.42 Å². The first-order valence-electron chi connectivity index (χ1n) is 8.74. The minimum absolute atomic E-state index is 0. The zero-order valence-electron chi connectivity index (χ0n) is 16.7. The van der Waals surface area contributed by atoms with Gasteiger partial charge in [0.25, 0.3) is 0 Å². The number of guanidine groups is 1. The molecule has 2 N–H and O–H groups in total. The number of nitrogens with one attached hydrogen (secondary N) is 2. The van der Waals surface area contributed by atoms with Crippen LogP contribution in [0.25, 0.3) is 0 Å². The molecule has 1 rings (SSSR count). The van der Waals surface area contributed by atoms with Crippen LogP contribution in [-0.4, -0.2) is 46.0 Å². The van der Waals surface area contributed by atoms with E-state index in [0.717, 1.165) is 5.96 Å². The van der Waals surface area contributed by atoms with Crippen molar-refractivity contribution in [3.05, 3.63) is 35.9 Å². The quantitative estimate of drug-likeness (QED) is 0.330. The van der Waals surface area contributed by atoms with Crippen LogP contribution in [0.3, 0.4) is 0 Å². The highest BCUT2D eigenvalue weighted by atomic mass is 127. The Morgan fingerprint density at radius 1 is 1.19 bits per heavy atom.